The number of nitrogens with zero attached hydrogens (tertiary/aromatic N) is 1. The average Bonchev–Trinajstić information content (AvgIpc) is 2.56. The highest BCUT2D eigenvalue weighted by atomic mass is 35.5. The van der Waals surface area contributed by atoms with Crippen LogP contribution in [-0.4, -0.2) is 50.8 Å². The summed E-state index contributed by atoms with van der Waals surface area (Å²) in [6.45, 7) is 3.01. The van der Waals surface area contributed by atoms with E-state index < -0.39 is 0 Å². The molecule has 1 aliphatic rings. The van der Waals surface area contributed by atoms with Crippen LogP contribution in [0.2, 0.25) is 5.02 Å². The molecule has 1 aromatic carbocycles. The van der Waals surface area contributed by atoms with Crippen molar-refractivity contribution in [2.45, 2.75) is 12.8 Å². The molecule has 5 nitrogen and oxygen atoms in total. The smallest absolute Gasteiger partial charge is 0.257 e. The van der Waals surface area contributed by atoms with Gasteiger partial charge in [0.05, 0.1) is 12.2 Å². The molecule has 0 spiro atoms. The Kier molecular flexibility index (Phi) is 6.49. The van der Waals surface area contributed by atoms with Crippen molar-refractivity contribution >= 4 is 17.5 Å². The Balaban J connectivity index is 2.09. The SMILES string of the molecule is COCCOc1ccc(Cl)cc1C(=O)N1CCC(CN)CC1. The maximum atomic E-state index is 12.7. The Labute approximate surface area is 136 Å². The normalized spacial score (nSPS) is 15.9. The van der Waals surface area contributed by atoms with E-state index in [0.717, 1.165) is 25.9 Å². The Hall–Kier alpha value is -1.30. The molecule has 1 aromatic rings. The molecule has 2 rings (SSSR count). The summed E-state index contributed by atoms with van der Waals surface area (Å²) >= 11 is 6.04. The van der Waals surface area contributed by atoms with E-state index >= 15 is 0 Å². The van der Waals surface area contributed by atoms with Crippen molar-refractivity contribution in [1.29, 1.82) is 0 Å². The molecular weight excluding hydrogens is 304 g/mol. The van der Waals surface area contributed by atoms with Gasteiger partial charge >= 0.3 is 0 Å². The van der Waals surface area contributed by atoms with E-state index in [0.29, 0.717) is 42.0 Å². The molecule has 2 N–H and O–H groups in total. The van der Waals surface area contributed by atoms with Gasteiger partial charge in [0.1, 0.15) is 12.4 Å². The fraction of sp³-hybridized carbons (Fsp3) is 0.562. The molecule has 1 amide bonds. The number of piperidine rings is 1. The summed E-state index contributed by atoms with van der Waals surface area (Å²) in [5.41, 5.74) is 6.20. The van der Waals surface area contributed by atoms with Crippen molar-refractivity contribution in [2.75, 3.05) is 40.0 Å². The number of methoxy groups -OCH3 is 1. The quantitative estimate of drug-likeness (QED) is 0.814. The molecule has 0 atom stereocenters. The maximum Gasteiger partial charge on any atom is 0.257 e. The van der Waals surface area contributed by atoms with E-state index in [1.807, 2.05) is 4.90 Å². The van der Waals surface area contributed by atoms with Gasteiger partial charge in [-0.2, -0.15) is 0 Å². The minimum absolute atomic E-state index is 0.0367. The number of hydrogen-bond acceptors (Lipinski definition) is 4. The van der Waals surface area contributed by atoms with Crippen molar-refractivity contribution in [1.82, 2.24) is 4.90 Å². The largest absolute Gasteiger partial charge is 0.490 e. The summed E-state index contributed by atoms with van der Waals surface area (Å²) in [4.78, 5) is 14.6. The highest BCUT2D eigenvalue weighted by molar-refractivity contribution is 6.31. The number of rotatable bonds is 6. The van der Waals surface area contributed by atoms with Gasteiger partial charge < -0.3 is 20.1 Å². The summed E-state index contributed by atoms with van der Waals surface area (Å²) in [6.07, 6.45) is 1.89. The van der Waals surface area contributed by atoms with Crippen molar-refractivity contribution < 1.29 is 14.3 Å². The van der Waals surface area contributed by atoms with E-state index in [2.05, 4.69) is 0 Å². The maximum absolute atomic E-state index is 12.7. The predicted molar refractivity (Wildman–Crippen MR) is 86.5 cm³/mol. The van der Waals surface area contributed by atoms with E-state index in [1.165, 1.54) is 0 Å². The number of benzene rings is 1. The van der Waals surface area contributed by atoms with Crippen LogP contribution in [0.4, 0.5) is 0 Å². The Morgan fingerprint density at radius 3 is 2.73 bits per heavy atom. The second-order valence-corrected chi connectivity index (χ2v) is 5.89. The van der Waals surface area contributed by atoms with Crippen molar-refractivity contribution in [3.63, 3.8) is 0 Å². The number of ether oxygens (including phenoxy) is 2. The van der Waals surface area contributed by atoms with Crippen LogP contribution in [-0.2, 0) is 4.74 Å². The molecule has 0 saturated carbocycles. The van der Waals surface area contributed by atoms with Crippen LogP contribution in [0, 0.1) is 5.92 Å². The molecule has 0 unspecified atom stereocenters. The van der Waals surface area contributed by atoms with Gasteiger partial charge in [-0.3, -0.25) is 4.79 Å². The van der Waals surface area contributed by atoms with E-state index in [9.17, 15) is 4.79 Å². The molecule has 0 aromatic heterocycles. The van der Waals surface area contributed by atoms with Gasteiger partial charge in [-0.25, -0.2) is 0 Å². The third kappa shape index (κ3) is 4.35. The first-order valence-corrected chi connectivity index (χ1v) is 7.94. The predicted octanol–water partition coefficient (Wildman–Crippen LogP) is 2.18. The van der Waals surface area contributed by atoms with E-state index in [1.54, 1.807) is 25.3 Å². The van der Waals surface area contributed by atoms with Crippen LogP contribution in [0.15, 0.2) is 18.2 Å². The Bertz CT molecular complexity index is 502. The molecule has 122 valence electrons. The zero-order valence-electron chi connectivity index (χ0n) is 12.9. The molecule has 1 heterocycles. The van der Waals surface area contributed by atoms with Gasteiger partial charge in [-0.1, -0.05) is 11.6 Å². The lowest BCUT2D eigenvalue weighted by molar-refractivity contribution is 0.0686. The van der Waals surface area contributed by atoms with Crippen LogP contribution in [0.5, 0.6) is 5.75 Å². The summed E-state index contributed by atoms with van der Waals surface area (Å²) in [5, 5.41) is 0.527. The topological polar surface area (TPSA) is 64.8 Å². The van der Waals surface area contributed by atoms with E-state index in [-0.39, 0.29) is 5.91 Å². The number of halogens is 1. The van der Waals surface area contributed by atoms with Gasteiger partial charge in [0, 0.05) is 25.2 Å². The van der Waals surface area contributed by atoms with Gasteiger partial charge in [0.25, 0.3) is 5.91 Å². The molecule has 0 bridgehead atoms. The minimum atomic E-state index is -0.0367. The zero-order chi connectivity index (χ0) is 15.9. The number of amides is 1. The van der Waals surface area contributed by atoms with Crippen molar-refractivity contribution in [2.24, 2.45) is 11.7 Å². The highest BCUT2D eigenvalue weighted by Gasteiger charge is 2.25. The molecule has 6 heteroatoms. The van der Waals surface area contributed by atoms with Crippen LogP contribution in [0.3, 0.4) is 0 Å². The Morgan fingerprint density at radius 1 is 1.36 bits per heavy atom. The van der Waals surface area contributed by atoms with Crippen LogP contribution < -0.4 is 10.5 Å². The lowest BCUT2D eigenvalue weighted by atomic mass is 9.96. The fourth-order valence-electron chi connectivity index (χ4n) is 2.57. The van der Waals surface area contributed by atoms with Gasteiger partial charge in [0.2, 0.25) is 0 Å². The van der Waals surface area contributed by atoms with Crippen LogP contribution in [0.1, 0.15) is 23.2 Å². The van der Waals surface area contributed by atoms with Gasteiger partial charge in [-0.15, -0.1) is 0 Å². The van der Waals surface area contributed by atoms with Gasteiger partial charge in [-0.05, 0) is 43.5 Å². The first kappa shape index (κ1) is 17.1. The molecule has 0 radical (unpaired) electrons. The number of likely N-dealkylation sites (tertiary alicyclic amines) is 1. The third-order valence-corrected chi connectivity index (χ3v) is 4.19. The standard InChI is InChI=1S/C16H23ClN2O3/c1-21-8-9-22-15-3-2-13(17)10-14(15)16(20)19-6-4-12(11-18)5-7-19/h2-3,10,12H,4-9,11,18H2,1H3. The number of nitrogens with two attached hydrogens (primary N) is 1. The minimum Gasteiger partial charge on any atom is -0.490 e. The first-order chi connectivity index (χ1) is 10.7. The molecule has 0 aliphatic carbocycles. The molecule has 22 heavy (non-hydrogen) atoms. The highest BCUT2D eigenvalue weighted by Crippen LogP contribution is 2.26. The monoisotopic (exact) mass is 326 g/mol. The van der Waals surface area contributed by atoms with Crippen LogP contribution in [0.25, 0.3) is 0 Å². The van der Waals surface area contributed by atoms with E-state index in [4.69, 9.17) is 26.8 Å². The van der Waals surface area contributed by atoms with Crippen molar-refractivity contribution in [3.05, 3.63) is 28.8 Å². The molecule has 1 aliphatic heterocycles. The second kappa shape index (κ2) is 8.36. The lowest BCUT2D eigenvalue weighted by Crippen LogP contribution is -2.40. The average molecular weight is 327 g/mol. The third-order valence-electron chi connectivity index (χ3n) is 3.95. The zero-order valence-corrected chi connectivity index (χ0v) is 13.6. The lowest BCUT2D eigenvalue weighted by Gasteiger charge is -2.31. The molecular formula is C16H23ClN2O3. The fourth-order valence-corrected chi connectivity index (χ4v) is 2.74. The number of hydrogen-bond donors (Lipinski definition) is 1. The molecule has 1 fully saturated rings. The first-order valence-electron chi connectivity index (χ1n) is 7.56. The second-order valence-electron chi connectivity index (χ2n) is 5.45. The van der Waals surface area contributed by atoms with Crippen LogP contribution >= 0.6 is 11.6 Å². The summed E-state index contributed by atoms with van der Waals surface area (Å²) in [7, 11) is 1.61. The number of carbonyl (C=O) groups excluding carboxylic acids is 1. The number of carbonyl (C=O) groups is 1. The summed E-state index contributed by atoms with van der Waals surface area (Å²) in [5.74, 6) is 1.03. The van der Waals surface area contributed by atoms with Crippen molar-refractivity contribution in [3.8, 4) is 5.75 Å². The Morgan fingerprint density at radius 2 is 2.09 bits per heavy atom. The summed E-state index contributed by atoms with van der Waals surface area (Å²) in [6, 6.07) is 5.13. The molecule has 1 saturated heterocycles. The summed E-state index contributed by atoms with van der Waals surface area (Å²) < 4.78 is 10.6. The van der Waals surface area contributed by atoms with Gasteiger partial charge in [0.15, 0.2) is 0 Å².